The zero-order chi connectivity index (χ0) is 57.7. The second kappa shape index (κ2) is 30.7. The lowest BCUT2D eigenvalue weighted by molar-refractivity contribution is -0.142. The summed E-state index contributed by atoms with van der Waals surface area (Å²) in [5.74, 6) is -1.09. The first-order chi connectivity index (χ1) is 35.1. The van der Waals surface area contributed by atoms with Crippen molar-refractivity contribution in [2.75, 3.05) is 50.8 Å². The SMILES string of the molecule is CC(=O)CC(=O)N(Cc1ccccc1)CC(C)(C)[C@@H](O[Si](C)(C)C(C)(C)C)C(=O)NCCC(=O)NCCSSCCNC(=O)CCNC(=O)[C@H](O[Si](C)(C)C(C)(C)C)C(C)(C)CN(Cc1ccccc1)C(=O)CC(C)=O. The number of rotatable bonds is 33. The summed E-state index contributed by atoms with van der Waals surface area (Å²) >= 11 is 0. The molecule has 6 amide bonds. The first-order valence-corrected chi connectivity index (χ1v) is 34.7. The molecule has 0 radical (unpaired) electrons. The van der Waals surface area contributed by atoms with Gasteiger partial charge in [-0.1, -0.05) is 151 Å². The van der Waals surface area contributed by atoms with E-state index in [0.29, 0.717) is 24.6 Å². The molecule has 0 saturated carbocycles. The quantitative estimate of drug-likeness (QED) is 0.0230. The van der Waals surface area contributed by atoms with E-state index in [0.717, 1.165) is 11.1 Å². The van der Waals surface area contributed by atoms with Crippen molar-refractivity contribution in [2.24, 2.45) is 10.8 Å². The molecule has 0 unspecified atom stereocenters. The normalized spacial score (nSPS) is 13.2. The number of Topliss-reactive ketones (excluding diaryl/α,β-unsaturated/α-hetero) is 2. The third kappa shape index (κ3) is 24.1. The van der Waals surface area contributed by atoms with E-state index in [-0.39, 0.29) is 122 Å². The van der Waals surface area contributed by atoms with Gasteiger partial charge in [0.15, 0.2) is 16.6 Å². The number of carbonyl (C=O) groups is 8. The lowest BCUT2D eigenvalue weighted by Crippen LogP contribution is -2.57. The molecule has 20 heteroatoms. The number of hydrogen-bond acceptors (Lipinski definition) is 12. The molecule has 0 aromatic heterocycles. The maximum absolute atomic E-state index is 14.0. The fourth-order valence-electron chi connectivity index (χ4n) is 7.49. The summed E-state index contributed by atoms with van der Waals surface area (Å²) in [6.45, 7) is 33.0. The Bertz CT molecular complexity index is 2080. The van der Waals surface area contributed by atoms with Crippen molar-refractivity contribution in [3.05, 3.63) is 71.8 Å². The maximum Gasteiger partial charge on any atom is 0.248 e. The molecule has 0 aliphatic carbocycles. The molecular weight excluding hydrogens is 1040 g/mol. The van der Waals surface area contributed by atoms with Gasteiger partial charge in [-0.2, -0.15) is 0 Å². The number of carbonyl (C=O) groups excluding carboxylic acids is 8. The van der Waals surface area contributed by atoms with Crippen molar-refractivity contribution in [3.63, 3.8) is 0 Å². The predicted molar refractivity (Wildman–Crippen MR) is 312 cm³/mol. The molecular formula is C56H92N6O10S2Si2. The van der Waals surface area contributed by atoms with Gasteiger partial charge in [-0.05, 0) is 61.2 Å². The largest absolute Gasteiger partial charge is 0.404 e. The Morgan fingerprint density at radius 3 is 1.11 bits per heavy atom. The summed E-state index contributed by atoms with van der Waals surface area (Å²) < 4.78 is 13.6. The number of hydrogen-bond donors (Lipinski definition) is 4. The number of benzene rings is 2. The molecule has 2 aromatic carbocycles. The predicted octanol–water partition coefficient (Wildman–Crippen LogP) is 8.46. The lowest BCUT2D eigenvalue weighted by atomic mass is 9.85. The zero-order valence-corrected chi connectivity index (χ0v) is 52.3. The van der Waals surface area contributed by atoms with Gasteiger partial charge >= 0.3 is 0 Å². The van der Waals surface area contributed by atoms with Crippen LogP contribution in [0.15, 0.2) is 60.7 Å². The van der Waals surface area contributed by atoms with E-state index in [1.807, 2.05) is 88.4 Å². The second-order valence-corrected chi connectivity index (χ2v) is 36.4. The number of nitrogens with zero attached hydrogens (tertiary/aromatic N) is 2. The van der Waals surface area contributed by atoms with E-state index in [4.69, 9.17) is 8.85 Å². The van der Waals surface area contributed by atoms with Gasteiger partial charge < -0.3 is 39.9 Å². The van der Waals surface area contributed by atoms with Crippen LogP contribution in [0.1, 0.15) is 120 Å². The fraction of sp³-hybridized carbons (Fsp3) is 0.643. The number of ketones is 2. The van der Waals surface area contributed by atoms with Crippen molar-refractivity contribution in [1.29, 1.82) is 0 Å². The van der Waals surface area contributed by atoms with Crippen LogP contribution in [0.2, 0.25) is 36.3 Å². The number of amides is 6. The summed E-state index contributed by atoms with van der Waals surface area (Å²) in [6.07, 6.45) is -2.28. The van der Waals surface area contributed by atoms with Gasteiger partial charge in [0.25, 0.3) is 0 Å². The van der Waals surface area contributed by atoms with E-state index >= 15 is 0 Å². The molecule has 0 saturated heterocycles. The highest BCUT2D eigenvalue weighted by molar-refractivity contribution is 8.76. The molecule has 4 N–H and O–H groups in total. The van der Waals surface area contributed by atoms with Gasteiger partial charge in [0.05, 0.1) is 12.8 Å². The molecule has 76 heavy (non-hydrogen) atoms. The third-order valence-corrected chi connectivity index (χ3v) is 25.2. The number of nitrogens with one attached hydrogen (secondary N) is 4. The van der Waals surface area contributed by atoms with Crippen LogP contribution >= 0.6 is 21.6 Å². The Kier molecular flexibility index (Phi) is 27.4. The van der Waals surface area contributed by atoms with E-state index < -0.39 is 39.7 Å². The standard InChI is InChI=1S/C56H92N6O10S2Si2/c1-41(63)35-47(67)61(37-43-23-19-17-20-24-43)39-55(9,10)49(71-75(13,14)53(3,4)5)51(69)59-29-27-45(65)57-31-33-73-74-34-32-58-46(66)28-30-60-52(70)50(72-76(15,16)54(6,7)8)56(11,12)40-62(48(68)36-42(2)64)38-44-25-21-18-22-26-44/h17-26,49-50H,27-40H2,1-16H3,(H,57,65)(H,58,66)(H,59,69)(H,60,70)/t49-,50-/m0/s1. The highest BCUT2D eigenvalue weighted by atomic mass is 33.1. The molecule has 0 aliphatic rings. The maximum atomic E-state index is 14.0. The first-order valence-electron chi connectivity index (χ1n) is 26.4. The Hall–Kier alpha value is -4.35. The molecule has 0 aliphatic heterocycles. The molecule has 426 valence electrons. The van der Waals surface area contributed by atoms with Gasteiger partial charge in [0.1, 0.15) is 23.8 Å². The van der Waals surface area contributed by atoms with Crippen molar-refractivity contribution >= 4 is 85.2 Å². The summed E-state index contributed by atoms with van der Waals surface area (Å²) in [4.78, 5) is 108. The first kappa shape index (κ1) is 67.8. The summed E-state index contributed by atoms with van der Waals surface area (Å²) in [5.41, 5.74) is 0.0393. The van der Waals surface area contributed by atoms with Crippen LogP contribution in [-0.4, -0.2) is 136 Å². The third-order valence-electron chi connectivity index (χ3n) is 13.9. The van der Waals surface area contributed by atoms with Crippen LogP contribution in [0.25, 0.3) is 0 Å². The Morgan fingerprint density at radius 1 is 0.500 bits per heavy atom. The van der Waals surface area contributed by atoms with Gasteiger partial charge in [0, 0.05) is 87.5 Å². The average Bonchev–Trinajstić information content (AvgIpc) is 3.29. The Morgan fingerprint density at radius 2 is 0.816 bits per heavy atom. The highest BCUT2D eigenvalue weighted by Crippen LogP contribution is 2.42. The lowest BCUT2D eigenvalue weighted by Gasteiger charge is -2.44. The van der Waals surface area contributed by atoms with Crippen LogP contribution in [0.3, 0.4) is 0 Å². The minimum Gasteiger partial charge on any atom is -0.404 e. The Balaban J connectivity index is 1.90. The summed E-state index contributed by atoms with van der Waals surface area (Å²) in [6, 6.07) is 19.0. The van der Waals surface area contributed by atoms with E-state index in [1.54, 1.807) is 31.4 Å². The van der Waals surface area contributed by atoms with Crippen LogP contribution < -0.4 is 21.3 Å². The minimum atomic E-state index is -2.52. The van der Waals surface area contributed by atoms with Gasteiger partial charge in [0.2, 0.25) is 35.4 Å². The molecule has 0 bridgehead atoms. The van der Waals surface area contributed by atoms with Crippen LogP contribution in [0.5, 0.6) is 0 Å². The Labute approximate surface area is 464 Å². The van der Waals surface area contributed by atoms with Crippen LogP contribution in [0, 0.1) is 10.8 Å². The molecule has 0 heterocycles. The summed E-state index contributed by atoms with van der Waals surface area (Å²) in [7, 11) is -1.93. The topological polar surface area (TPSA) is 210 Å². The van der Waals surface area contributed by atoms with Gasteiger partial charge in [-0.15, -0.1) is 0 Å². The summed E-state index contributed by atoms with van der Waals surface area (Å²) in [5, 5.41) is 11.2. The smallest absolute Gasteiger partial charge is 0.248 e. The van der Waals surface area contributed by atoms with Crippen LogP contribution in [0.4, 0.5) is 0 Å². The van der Waals surface area contributed by atoms with E-state index in [9.17, 15) is 38.4 Å². The van der Waals surface area contributed by atoms with Gasteiger partial charge in [-0.25, -0.2) is 0 Å². The molecule has 0 fully saturated rings. The minimum absolute atomic E-state index is 0.0547. The highest BCUT2D eigenvalue weighted by Gasteiger charge is 2.48. The average molecular weight is 1130 g/mol. The van der Waals surface area contributed by atoms with Crippen LogP contribution in [-0.2, 0) is 60.3 Å². The molecule has 2 aromatic rings. The van der Waals surface area contributed by atoms with Gasteiger partial charge in [-0.3, -0.25) is 38.4 Å². The molecule has 16 nitrogen and oxygen atoms in total. The van der Waals surface area contributed by atoms with E-state index in [1.165, 1.54) is 13.8 Å². The van der Waals surface area contributed by atoms with Crippen molar-refractivity contribution < 1.29 is 47.2 Å². The fourth-order valence-corrected chi connectivity index (χ4v) is 12.0. The van der Waals surface area contributed by atoms with E-state index in [2.05, 4.69) is 89.0 Å². The zero-order valence-electron chi connectivity index (χ0n) is 48.6. The molecule has 2 atom stereocenters. The van der Waals surface area contributed by atoms with Crippen molar-refractivity contribution in [2.45, 2.75) is 170 Å². The van der Waals surface area contributed by atoms with Crippen molar-refractivity contribution in [1.82, 2.24) is 31.1 Å². The monoisotopic (exact) mass is 1130 g/mol. The molecule has 2 rings (SSSR count). The van der Waals surface area contributed by atoms with Crippen molar-refractivity contribution in [3.8, 4) is 0 Å². The second-order valence-electron chi connectivity index (χ2n) is 24.1. The molecule has 0 spiro atoms.